The summed E-state index contributed by atoms with van der Waals surface area (Å²) >= 11 is 0. The molecule has 0 saturated carbocycles. The summed E-state index contributed by atoms with van der Waals surface area (Å²) in [7, 11) is 0. The molecule has 3 rings (SSSR count). The highest BCUT2D eigenvalue weighted by atomic mass is 16.5. The van der Waals surface area contributed by atoms with E-state index >= 15 is 0 Å². The summed E-state index contributed by atoms with van der Waals surface area (Å²) in [6.07, 6.45) is 3.62. The minimum atomic E-state index is 0.531. The third kappa shape index (κ3) is 1.22. The summed E-state index contributed by atoms with van der Waals surface area (Å²) in [5.74, 6) is 1.16. The summed E-state index contributed by atoms with van der Waals surface area (Å²) in [6, 6.07) is 7.07. The first-order valence-electron chi connectivity index (χ1n) is 5.43. The zero-order chi connectivity index (χ0) is 9.38. The highest BCUT2D eigenvalue weighted by Gasteiger charge is 2.23. The lowest BCUT2D eigenvalue weighted by Gasteiger charge is -2.14. The highest BCUT2D eigenvalue weighted by molar-refractivity contribution is 5.45. The van der Waals surface area contributed by atoms with Crippen molar-refractivity contribution in [2.45, 2.75) is 25.3 Å². The molecular weight excluding hydrogens is 174 g/mol. The standard InChI is InChI=1S/C12H15NO/c1-3-9-6-8-14-12(9)10(4-1)11-5-2-7-13-11/h1,3-4,11,13H,2,5-8H2/t11-/m1/s1. The molecule has 0 unspecified atom stereocenters. The van der Waals surface area contributed by atoms with Gasteiger partial charge in [-0.25, -0.2) is 0 Å². The molecule has 2 heterocycles. The van der Waals surface area contributed by atoms with Gasteiger partial charge >= 0.3 is 0 Å². The minimum Gasteiger partial charge on any atom is -0.493 e. The molecule has 1 aromatic rings. The van der Waals surface area contributed by atoms with Crippen LogP contribution in [-0.2, 0) is 6.42 Å². The number of hydrogen-bond donors (Lipinski definition) is 1. The number of nitrogens with one attached hydrogen (secondary N) is 1. The van der Waals surface area contributed by atoms with Crippen molar-refractivity contribution in [2.24, 2.45) is 0 Å². The summed E-state index contributed by atoms with van der Waals surface area (Å²) in [6.45, 7) is 2.01. The van der Waals surface area contributed by atoms with Crippen LogP contribution in [0.1, 0.15) is 30.0 Å². The molecule has 1 atom stereocenters. The number of hydrogen-bond acceptors (Lipinski definition) is 2. The van der Waals surface area contributed by atoms with Crippen LogP contribution in [0.25, 0.3) is 0 Å². The van der Waals surface area contributed by atoms with E-state index in [1.807, 2.05) is 0 Å². The molecule has 2 heteroatoms. The van der Waals surface area contributed by atoms with E-state index in [4.69, 9.17) is 4.74 Å². The van der Waals surface area contributed by atoms with E-state index in [9.17, 15) is 0 Å². The molecule has 0 aliphatic carbocycles. The van der Waals surface area contributed by atoms with Crippen LogP contribution < -0.4 is 10.1 Å². The van der Waals surface area contributed by atoms with Gasteiger partial charge in [-0.3, -0.25) is 0 Å². The molecule has 14 heavy (non-hydrogen) atoms. The van der Waals surface area contributed by atoms with Gasteiger partial charge in [-0.15, -0.1) is 0 Å². The van der Waals surface area contributed by atoms with Crippen molar-refractivity contribution in [3.63, 3.8) is 0 Å². The molecule has 0 bridgehead atoms. The normalized spacial score (nSPS) is 24.7. The van der Waals surface area contributed by atoms with Gasteiger partial charge in [-0.05, 0) is 24.9 Å². The van der Waals surface area contributed by atoms with Gasteiger partial charge in [-0.2, -0.15) is 0 Å². The van der Waals surface area contributed by atoms with Crippen LogP contribution >= 0.6 is 0 Å². The van der Waals surface area contributed by atoms with Crippen molar-refractivity contribution in [2.75, 3.05) is 13.2 Å². The lowest BCUT2D eigenvalue weighted by Crippen LogP contribution is -2.13. The van der Waals surface area contributed by atoms with E-state index in [0.29, 0.717) is 6.04 Å². The Balaban J connectivity index is 2.00. The lowest BCUT2D eigenvalue weighted by molar-refractivity contribution is 0.350. The molecule has 74 valence electrons. The third-order valence-corrected chi connectivity index (χ3v) is 3.18. The Labute approximate surface area is 84.3 Å². The molecule has 0 amide bonds. The van der Waals surface area contributed by atoms with Gasteiger partial charge in [0.05, 0.1) is 6.61 Å². The SMILES string of the molecule is c1cc2c(c([C@H]3CCCN3)c1)OCC2. The molecule has 0 aromatic heterocycles. The van der Waals surface area contributed by atoms with Gasteiger partial charge < -0.3 is 10.1 Å². The van der Waals surface area contributed by atoms with Gasteiger partial charge in [0.2, 0.25) is 0 Å². The third-order valence-electron chi connectivity index (χ3n) is 3.18. The van der Waals surface area contributed by atoms with Gasteiger partial charge in [0.1, 0.15) is 5.75 Å². The summed E-state index contributed by atoms with van der Waals surface area (Å²) in [5.41, 5.74) is 2.76. The molecule has 1 aromatic carbocycles. The first kappa shape index (κ1) is 8.30. The predicted octanol–water partition coefficient (Wildman–Crippen LogP) is 2.05. The second-order valence-electron chi connectivity index (χ2n) is 4.08. The first-order valence-corrected chi connectivity index (χ1v) is 5.43. The van der Waals surface area contributed by atoms with E-state index in [1.54, 1.807) is 0 Å². The second-order valence-corrected chi connectivity index (χ2v) is 4.08. The van der Waals surface area contributed by atoms with Crippen molar-refractivity contribution >= 4 is 0 Å². The number of fused-ring (bicyclic) bond motifs is 1. The van der Waals surface area contributed by atoms with Crippen LogP contribution in [0.3, 0.4) is 0 Å². The fourth-order valence-corrected chi connectivity index (χ4v) is 2.47. The monoisotopic (exact) mass is 189 g/mol. The fraction of sp³-hybridized carbons (Fsp3) is 0.500. The molecule has 0 radical (unpaired) electrons. The summed E-state index contributed by atoms with van der Waals surface area (Å²) in [4.78, 5) is 0. The maximum atomic E-state index is 5.70. The van der Waals surface area contributed by atoms with Gasteiger partial charge in [0, 0.05) is 18.0 Å². The summed E-state index contributed by atoms with van der Waals surface area (Å²) in [5, 5.41) is 3.52. The smallest absolute Gasteiger partial charge is 0.127 e. The number of benzene rings is 1. The molecular formula is C12H15NO. The average molecular weight is 189 g/mol. The zero-order valence-electron chi connectivity index (χ0n) is 8.25. The Hall–Kier alpha value is -1.02. The molecule has 1 fully saturated rings. The molecule has 1 N–H and O–H groups in total. The van der Waals surface area contributed by atoms with Gasteiger partial charge in [0.25, 0.3) is 0 Å². The Morgan fingerprint density at radius 2 is 2.36 bits per heavy atom. The second kappa shape index (κ2) is 3.28. The van der Waals surface area contributed by atoms with Crippen molar-refractivity contribution in [3.8, 4) is 5.75 Å². The van der Waals surface area contributed by atoms with Crippen molar-refractivity contribution < 1.29 is 4.74 Å². The van der Waals surface area contributed by atoms with Crippen molar-refractivity contribution in [1.29, 1.82) is 0 Å². The van der Waals surface area contributed by atoms with Crippen LogP contribution in [0.2, 0.25) is 0 Å². The minimum absolute atomic E-state index is 0.531. The van der Waals surface area contributed by atoms with Crippen LogP contribution in [0.5, 0.6) is 5.75 Å². The van der Waals surface area contributed by atoms with E-state index in [1.165, 1.54) is 24.0 Å². The fourth-order valence-electron chi connectivity index (χ4n) is 2.47. The van der Waals surface area contributed by atoms with Gasteiger partial charge in [-0.1, -0.05) is 18.2 Å². The first-order chi connectivity index (χ1) is 6.95. The maximum Gasteiger partial charge on any atom is 0.127 e. The quantitative estimate of drug-likeness (QED) is 0.730. The van der Waals surface area contributed by atoms with Crippen LogP contribution in [0, 0.1) is 0 Å². The van der Waals surface area contributed by atoms with E-state index in [0.717, 1.165) is 25.3 Å². The Kier molecular flexibility index (Phi) is 1.95. The van der Waals surface area contributed by atoms with Crippen LogP contribution in [0.15, 0.2) is 18.2 Å². The van der Waals surface area contributed by atoms with Gasteiger partial charge in [0.15, 0.2) is 0 Å². The largest absolute Gasteiger partial charge is 0.493 e. The lowest BCUT2D eigenvalue weighted by atomic mass is 10.0. The zero-order valence-corrected chi connectivity index (χ0v) is 8.25. The number of rotatable bonds is 1. The van der Waals surface area contributed by atoms with Crippen molar-refractivity contribution in [1.82, 2.24) is 5.32 Å². The predicted molar refractivity (Wildman–Crippen MR) is 55.6 cm³/mol. The Morgan fingerprint density at radius 3 is 3.21 bits per heavy atom. The Bertz CT molecular complexity index is 342. The number of para-hydroxylation sites is 1. The highest BCUT2D eigenvalue weighted by Crippen LogP contribution is 2.36. The summed E-state index contributed by atoms with van der Waals surface area (Å²) < 4.78 is 5.70. The molecule has 2 aliphatic rings. The number of ether oxygens (including phenoxy) is 1. The van der Waals surface area contributed by atoms with E-state index < -0.39 is 0 Å². The van der Waals surface area contributed by atoms with Crippen LogP contribution in [0.4, 0.5) is 0 Å². The Morgan fingerprint density at radius 1 is 1.36 bits per heavy atom. The molecule has 2 aliphatic heterocycles. The maximum absolute atomic E-state index is 5.70. The van der Waals surface area contributed by atoms with Crippen molar-refractivity contribution in [3.05, 3.63) is 29.3 Å². The van der Waals surface area contributed by atoms with E-state index in [-0.39, 0.29) is 0 Å². The van der Waals surface area contributed by atoms with E-state index in [2.05, 4.69) is 23.5 Å². The molecule has 2 nitrogen and oxygen atoms in total. The molecule has 1 saturated heterocycles. The van der Waals surface area contributed by atoms with Crippen LogP contribution in [-0.4, -0.2) is 13.2 Å². The molecule has 0 spiro atoms. The topological polar surface area (TPSA) is 21.3 Å². The average Bonchev–Trinajstić information content (AvgIpc) is 2.88.